The van der Waals surface area contributed by atoms with Gasteiger partial charge in [-0.2, -0.15) is 0 Å². The van der Waals surface area contributed by atoms with Crippen molar-refractivity contribution < 1.29 is 13.2 Å². The van der Waals surface area contributed by atoms with Crippen molar-refractivity contribution in [3.8, 4) is 0 Å². The Hall–Kier alpha value is -1.57. The van der Waals surface area contributed by atoms with E-state index in [1.807, 2.05) is 0 Å². The van der Waals surface area contributed by atoms with E-state index in [1.54, 1.807) is 24.3 Å². The Bertz CT molecular complexity index is 725. The van der Waals surface area contributed by atoms with E-state index in [9.17, 15) is 13.2 Å². The molecule has 0 radical (unpaired) electrons. The number of thiophene rings is 1. The van der Waals surface area contributed by atoms with Crippen LogP contribution in [0.25, 0.3) is 0 Å². The number of nitrogens with two attached hydrogens (primary N) is 1. The number of halogens is 1. The number of anilines is 1. The van der Waals surface area contributed by atoms with Crippen LogP contribution in [0.3, 0.4) is 0 Å². The Kier molecular flexibility index (Phi) is 3.79. The molecule has 1 heterocycles. The van der Waals surface area contributed by atoms with Crippen molar-refractivity contribution in [2.45, 2.75) is 4.90 Å². The molecular formula is C11H9ClN2O3S2. The largest absolute Gasteiger partial charge is 0.365 e. The van der Waals surface area contributed by atoms with Crippen molar-refractivity contribution in [2.24, 2.45) is 5.73 Å². The molecule has 1 aromatic heterocycles. The van der Waals surface area contributed by atoms with Gasteiger partial charge < -0.3 is 5.73 Å². The molecule has 2 aromatic rings. The minimum absolute atomic E-state index is 0.0220. The van der Waals surface area contributed by atoms with Crippen LogP contribution in [0.1, 0.15) is 9.67 Å². The molecule has 1 amide bonds. The third kappa shape index (κ3) is 3.06. The number of sulfonamides is 1. The number of carbonyl (C=O) groups is 1. The van der Waals surface area contributed by atoms with E-state index in [4.69, 9.17) is 17.3 Å². The van der Waals surface area contributed by atoms with Crippen molar-refractivity contribution in [2.75, 3.05) is 4.72 Å². The maximum absolute atomic E-state index is 12.1. The lowest BCUT2D eigenvalue weighted by atomic mass is 10.3. The maximum Gasteiger partial charge on any atom is 0.262 e. The third-order valence-electron chi connectivity index (χ3n) is 2.25. The predicted molar refractivity (Wildman–Crippen MR) is 75.1 cm³/mol. The van der Waals surface area contributed by atoms with Gasteiger partial charge in [-0.05, 0) is 18.2 Å². The average Bonchev–Trinajstić information content (AvgIpc) is 2.82. The van der Waals surface area contributed by atoms with Gasteiger partial charge in [-0.15, -0.1) is 11.3 Å². The highest BCUT2D eigenvalue weighted by Gasteiger charge is 2.18. The number of hydrogen-bond donors (Lipinski definition) is 2. The number of benzene rings is 1. The summed E-state index contributed by atoms with van der Waals surface area (Å²) in [6.45, 7) is 0. The molecule has 19 heavy (non-hydrogen) atoms. The molecular weight excluding hydrogens is 308 g/mol. The van der Waals surface area contributed by atoms with Crippen LogP contribution < -0.4 is 10.5 Å². The van der Waals surface area contributed by atoms with Crippen molar-refractivity contribution in [3.05, 3.63) is 45.6 Å². The summed E-state index contributed by atoms with van der Waals surface area (Å²) in [5.41, 5.74) is 5.36. The Morgan fingerprint density at radius 1 is 1.32 bits per heavy atom. The second kappa shape index (κ2) is 5.20. The first-order valence-corrected chi connectivity index (χ1v) is 7.80. The standard InChI is InChI=1S/C11H9ClN2O3S2/c12-8-3-1-2-4-9(8)14-19(16,17)7-5-10(11(13)15)18-6-7/h1-6,14H,(H2,13,15). The molecule has 8 heteroatoms. The topological polar surface area (TPSA) is 89.3 Å². The molecule has 0 atom stereocenters. The SMILES string of the molecule is NC(=O)c1cc(S(=O)(=O)Nc2ccccc2Cl)cs1. The van der Waals surface area contributed by atoms with Crippen molar-refractivity contribution in [3.63, 3.8) is 0 Å². The zero-order valence-corrected chi connectivity index (χ0v) is 11.8. The Morgan fingerprint density at radius 2 is 2.00 bits per heavy atom. The Balaban J connectivity index is 2.32. The van der Waals surface area contributed by atoms with Crippen LogP contribution in [0, 0.1) is 0 Å². The van der Waals surface area contributed by atoms with Crippen LogP contribution in [0.2, 0.25) is 5.02 Å². The fourth-order valence-electron chi connectivity index (χ4n) is 1.34. The van der Waals surface area contributed by atoms with Gasteiger partial charge in [0, 0.05) is 5.38 Å². The molecule has 5 nitrogen and oxygen atoms in total. The minimum Gasteiger partial charge on any atom is -0.365 e. The number of rotatable bonds is 4. The number of amides is 1. The highest BCUT2D eigenvalue weighted by molar-refractivity contribution is 7.92. The van der Waals surface area contributed by atoms with Crippen LogP contribution in [0.5, 0.6) is 0 Å². The van der Waals surface area contributed by atoms with Gasteiger partial charge in [0.05, 0.1) is 20.5 Å². The molecule has 0 spiro atoms. The Morgan fingerprint density at radius 3 is 2.58 bits per heavy atom. The van der Waals surface area contributed by atoms with Gasteiger partial charge in [0.2, 0.25) is 0 Å². The summed E-state index contributed by atoms with van der Waals surface area (Å²) in [7, 11) is -3.78. The summed E-state index contributed by atoms with van der Waals surface area (Å²) in [5, 5.41) is 1.63. The van der Waals surface area contributed by atoms with E-state index in [1.165, 1.54) is 11.4 Å². The quantitative estimate of drug-likeness (QED) is 0.907. The number of carbonyl (C=O) groups excluding carboxylic acids is 1. The molecule has 0 unspecified atom stereocenters. The molecule has 2 rings (SSSR count). The van der Waals surface area contributed by atoms with Gasteiger partial charge >= 0.3 is 0 Å². The van der Waals surface area contributed by atoms with E-state index >= 15 is 0 Å². The van der Waals surface area contributed by atoms with E-state index < -0.39 is 15.9 Å². The van der Waals surface area contributed by atoms with Gasteiger partial charge in [0.1, 0.15) is 0 Å². The number of primary amides is 1. The second-order valence-electron chi connectivity index (χ2n) is 3.60. The first-order valence-electron chi connectivity index (χ1n) is 5.06. The Labute approximate surface area is 119 Å². The molecule has 0 aliphatic carbocycles. The van der Waals surface area contributed by atoms with Gasteiger partial charge in [0.25, 0.3) is 15.9 Å². The van der Waals surface area contributed by atoms with Gasteiger partial charge in [-0.3, -0.25) is 9.52 Å². The first kappa shape index (κ1) is 13.9. The van der Waals surface area contributed by atoms with Crippen LogP contribution in [0.4, 0.5) is 5.69 Å². The van der Waals surface area contributed by atoms with E-state index in [2.05, 4.69) is 4.72 Å². The summed E-state index contributed by atoms with van der Waals surface area (Å²) in [4.78, 5) is 11.1. The molecule has 0 fully saturated rings. The van der Waals surface area contributed by atoms with Crippen LogP contribution in [-0.2, 0) is 10.0 Å². The lowest BCUT2D eigenvalue weighted by Crippen LogP contribution is -2.13. The van der Waals surface area contributed by atoms with Crippen molar-refractivity contribution in [1.82, 2.24) is 0 Å². The number of nitrogens with one attached hydrogen (secondary N) is 1. The van der Waals surface area contributed by atoms with Crippen LogP contribution >= 0.6 is 22.9 Å². The van der Waals surface area contributed by atoms with Crippen molar-refractivity contribution in [1.29, 1.82) is 0 Å². The molecule has 100 valence electrons. The van der Waals surface area contributed by atoms with Crippen molar-refractivity contribution >= 4 is 44.6 Å². The normalized spacial score (nSPS) is 11.2. The summed E-state index contributed by atoms with van der Waals surface area (Å²) < 4.78 is 26.5. The van der Waals surface area contributed by atoms with Gasteiger partial charge in [-0.25, -0.2) is 8.42 Å². The summed E-state index contributed by atoms with van der Waals surface area (Å²) in [5.74, 6) is -0.663. The maximum atomic E-state index is 12.1. The third-order valence-corrected chi connectivity index (χ3v) is 5.02. The molecule has 1 aromatic carbocycles. The molecule has 0 saturated heterocycles. The molecule has 3 N–H and O–H groups in total. The van der Waals surface area contributed by atoms with Gasteiger partial charge in [-0.1, -0.05) is 23.7 Å². The summed E-state index contributed by atoms with van der Waals surface area (Å²) >= 11 is 6.85. The number of hydrogen-bond acceptors (Lipinski definition) is 4. The fraction of sp³-hybridized carbons (Fsp3) is 0. The van der Waals surface area contributed by atoms with E-state index in [0.29, 0.717) is 0 Å². The average molecular weight is 317 g/mol. The van der Waals surface area contributed by atoms with Crippen LogP contribution in [-0.4, -0.2) is 14.3 Å². The summed E-state index contributed by atoms with van der Waals surface area (Å²) in [6, 6.07) is 7.69. The molecule has 0 aliphatic heterocycles. The highest BCUT2D eigenvalue weighted by atomic mass is 35.5. The summed E-state index contributed by atoms with van der Waals surface area (Å²) in [6.07, 6.45) is 0. The molecule has 0 aliphatic rings. The molecule has 0 saturated carbocycles. The zero-order chi connectivity index (χ0) is 14.0. The zero-order valence-electron chi connectivity index (χ0n) is 9.46. The fourth-order valence-corrected chi connectivity index (χ4v) is 3.78. The highest BCUT2D eigenvalue weighted by Crippen LogP contribution is 2.25. The van der Waals surface area contributed by atoms with E-state index in [0.717, 1.165) is 11.3 Å². The number of para-hydroxylation sites is 1. The van der Waals surface area contributed by atoms with Gasteiger partial charge in [0.15, 0.2) is 0 Å². The monoisotopic (exact) mass is 316 g/mol. The lowest BCUT2D eigenvalue weighted by molar-refractivity contribution is 0.100. The second-order valence-corrected chi connectivity index (χ2v) is 6.60. The smallest absolute Gasteiger partial charge is 0.262 e. The lowest BCUT2D eigenvalue weighted by Gasteiger charge is -2.07. The first-order chi connectivity index (χ1) is 8.90. The molecule has 0 bridgehead atoms. The van der Waals surface area contributed by atoms with Crippen LogP contribution in [0.15, 0.2) is 40.6 Å². The minimum atomic E-state index is -3.78. The van der Waals surface area contributed by atoms with E-state index in [-0.39, 0.29) is 20.5 Å². The predicted octanol–water partition coefficient (Wildman–Crippen LogP) is 2.30.